The smallest absolute Gasteiger partial charge is 0.251 e. The molecule has 0 aliphatic carbocycles. The van der Waals surface area contributed by atoms with Gasteiger partial charge in [0.2, 0.25) is 5.91 Å². The monoisotopic (exact) mass is 339 g/mol. The van der Waals surface area contributed by atoms with Crippen molar-refractivity contribution in [3.8, 4) is 6.07 Å². The average Bonchev–Trinajstić information content (AvgIpc) is 2.44. The average molecular weight is 340 g/mol. The lowest BCUT2D eigenvalue weighted by atomic mass is 10.0. The molecule has 20 heavy (non-hydrogen) atoms. The van der Waals surface area contributed by atoms with Crippen molar-refractivity contribution >= 4 is 33.4 Å². The molecule has 2 amide bonds. The molecule has 0 bridgehead atoms. The molecule has 0 saturated carbocycles. The van der Waals surface area contributed by atoms with Gasteiger partial charge in [-0.2, -0.15) is 5.26 Å². The van der Waals surface area contributed by atoms with Gasteiger partial charge < -0.3 is 5.32 Å². The first-order valence-electron chi connectivity index (χ1n) is 5.90. The number of amides is 2. The molecule has 1 N–H and O–H groups in total. The molecule has 0 radical (unpaired) electrons. The lowest BCUT2D eigenvalue weighted by molar-refractivity contribution is -0.146. The van der Waals surface area contributed by atoms with Crippen LogP contribution in [0.2, 0.25) is 0 Å². The highest BCUT2D eigenvalue weighted by atomic mass is 79.9. The molecule has 1 aromatic carbocycles. The van der Waals surface area contributed by atoms with Gasteiger partial charge in [0.25, 0.3) is 5.91 Å². The van der Waals surface area contributed by atoms with Crippen molar-refractivity contribution in [2.75, 3.05) is 12.4 Å². The predicted octanol–water partition coefficient (Wildman–Crippen LogP) is 2.02. The minimum atomic E-state index is -0.646. The first kappa shape index (κ1) is 14.5. The summed E-state index contributed by atoms with van der Waals surface area (Å²) in [6, 6.07) is 4.07. The number of carbonyl (C=O) groups is 2. The number of hydrogen-bond donors (Lipinski definition) is 1. The van der Waals surface area contributed by atoms with E-state index in [0.717, 1.165) is 4.90 Å². The Kier molecular flexibility index (Phi) is 4.04. The van der Waals surface area contributed by atoms with Crippen LogP contribution < -0.4 is 5.32 Å². The van der Waals surface area contributed by atoms with Gasteiger partial charge in [-0.25, -0.2) is 4.39 Å². The number of imide groups is 1. The molecule has 1 aromatic rings. The van der Waals surface area contributed by atoms with Gasteiger partial charge in [0.15, 0.2) is 5.82 Å². The summed E-state index contributed by atoms with van der Waals surface area (Å²) < 4.78 is 14.1. The molecule has 5 nitrogen and oxygen atoms in total. The lowest BCUT2D eigenvalue weighted by Crippen LogP contribution is -2.48. The zero-order valence-corrected chi connectivity index (χ0v) is 12.2. The molecule has 2 rings (SSSR count). The number of nitrogens with zero attached hydrogens (tertiary/aromatic N) is 2. The molecule has 7 heteroatoms. The highest BCUT2D eigenvalue weighted by molar-refractivity contribution is 9.10. The maximum atomic E-state index is 14.1. The number of hydrogen-bond acceptors (Lipinski definition) is 4. The molecule has 1 atom stereocenters. The summed E-state index contributed by atoms with van der Waals surface area (Å²) in [6.07, 6.45) is 0.554. The molecule has 1 saturated heterocycles. The van der Waals surface area contributed by atoms with Crippen LogP contribution in [0.3, 0.4) is 0 Å². The summed E-state index contributed by atoms with van der Waals surface area (Å²) in [7, 11) is 1.41. The lowest BCUT2D eigenvalue weighted by Gasteiger charge is -2.29. The minimum absolute atomic E-state index is 0.0534. The summed E-state index contributed by atoms with van der Waals surface area (Å²) in [5.41, 5.74) is 0.298. The van der Waals surface area contributed by atoms with Crippen molar-refractivity contribution in [1.82, 2.24) is 4.90 Å². The van der Waals surface area contributed by atoms with Gasteiger partial charge in [0, 0.05) is 13.5 Å². The Bertz CT molecular complexity index is 627. The fraction of sp³-hybridized carbons (Fsp3) is 0.308. The maximum Gasteiger partial charge on any atom is 0.251 e. The van der Waals surface area contributed by atoms with E-state index in [9.17, 15) is 14.0 Å². The molecule has 1 heterocycles. The molecular formula is C13H11BrFN3O2. The third-order valence-corrected chi connectivity index (χ3v) is 3.96. The van der Waals surface area contributed by atoms with E-state index >= 15 is 0 Å². The molecule has 104 valence electrons. The van der Waals surface area contributed by atoms with Gasteiger partial charge in [0.1, 0.15) is 12.1 Å². The molecule has 0 aromatic heterocycles. The minimum Gasteiger partial charge on any atom is -0.371 e. The molecule has 1 aliphatic rings. The Morgan fingerprint density at radius 1 is 1.50 bits per heavy atom. The number of likely N-dealkylation sites (N-methyl/N-ethyl adjacent to an activating group) is 1. The summed E-state index contributed by atoms with van der Waals surface area (Å²) in [4.78, 5) is 24.3. The second kappa shape index (κ2) is 5.59. The zero-order chi connectivity index (χ0) is 14.9. The Labute approximate surface area is 123 Å². The second-order valence-electron chi connectivity index (χ2n) is 4.43. The highest BCUT2D eigenvalue weighted by Crippen LogP contribution is 2.28. The highest BCUT2D eigenvalue weighted by Gasteiger charge is 2.32. The van der Waals surface area contributed by atoms with E-state index in [1.807, 2.05) is 6.07 Å². The van der Waals surface area contributed by atoms with E-state index in [0.29, 0.717) is 6.42 Å². The number of halogens is 2. The Morgan fingerprint density at radius 2 is 2.20 bits per heavy atom. The van der Waals surface area contributed by atoms with Crippen molar-refractivity contribution in [2.24, 2.45) is 0 Å². The van der Waals surface area contributed by atoms with E-state index in [1.165, 1.54) is 19.2 Å². The van der Waals surface area contributed by atoms with Crippen molar-refractivity contribution in [2.45, 2.75) is 18.9 Å². The van der Waals surface area contributed by atoms with E-state index in [4.69, 9.17) is 5.26 Å². The molecule has 1 aliphatic heterocycles. The summed E-state index contributed by atoms with van der Waals surface area (Å²) in [6.45, 7) is 0. The van der Waals surface area contributed by atoms with Crippen molar-refractivity contribution in [3.05, 3.63) is 28.0 Å². The maximum absolute atomic E-state index is 14.1. The number of nitriles is 1. The van der Waals surface area contributed by atoms with Crippen molar-refractivity contribution < 1.29 is 14.0 Å². The standard InChI is InChI=1S/C13H11BrFN3O2/c1-18-10(19)5-4-9(13(18)20)17-8-3-2-7(6-16)11(14)12(8)15/h2-3,9,17H,4-5H2,1H3. The molecule has 0 spiro atoms. The van der Waals surface area contributed by atoms with Gasteiger partial charge in [-0.3, -0.25) is 14.5 Å². The molecule has 1 fully saturated rings. The summed E-state index contributed by atoms with van der Waals surface area (Å²) >= 11 is 3.01. The Hall–Kier alpha value is -1.94. The van der Waals surface area contributed by atoms with Crippen LogP contribution in [0.5, 0.6) is 0 Å². The Balaban J connectivity index is 2.23. The molecular weight excluding hydrogens is 329 g/mol. The number of benzene rings is 1. The number of nitrogens with one attached hydrogen (secondary N) is 1. The predicted molar refractivity (Wildman–Crippen MR) is 73.2 cm³/mol. The van der Waals surface area contributed by atoms with E-state index in [2.05, 4.69) is 21.2 Å². The quantitative estimate of drug-likeness (QED) is 0.836. The van der Waals surface area contributed by atoms with Crippen LogP contribution in [-0.2, 0) is 9.59 Å². The second-order valence-corrected chi connectivity index (χ2v) is 5.22. The number of piperidine rings is 1. The van der Waals surface area contributed by atoms with Crippen LogP contribution in [0.15, 0.2) is 16.6 Å². The largest absolute Gasteiger partial charge is 0.371 e. The van der Waals surface area contributed by atoms with Crippen LogP contribution in [0.4, 0.5) is 10.1 Å². The van der Waals surface area contributed by atoms with E-state index < -0.39 is 11.9 Å². The van der Waals surface area contributed by atoms with Gasteiger partial charge in [-0.1, -0.05) is 0 Å². The third-order valence-electron chi connectivity index (χ3n) is 3.18. The van der Waals surface area contributed by atoms with Crippen LogP contribution in [0.1, 0.15) is 18.4 Å². The summed E-state index contributed by atoms with van der Waals surface area (Å²) in [5.74, 6) is -1.26. The normalized spacial score (nSPS) is 18.9. The van der Waals surface area contributed by atoms with Gasteiger partial charge in [-0.15, -0.1) is 0 Å². The number of rotatable bonds is 2. The fourth-order valence-electron chi connectivity index (χ4n) is 1.98. The fourth-order valence-corrected chi connectivity index (χ4v) is 2.42. The van der Waals surface area contributed by atoms with Gasteiger partial charge >= 0.3 is 0 Å². The van der Waals surface area contributed by atoms with Crippen LogP contribution in [0.25, 0.3) is 0 Å². The van der Waals surface area contributed by atoms with Crippen molar-refractivity contribution in [3.63, 3.8) is 0 Å². The van der Waals surface area contributed by atoms with Crippen LogP contribution in [-0.4, -0.2) is 29.8 Å². The number of likely N-dealkylation sites (tertiary alicyclic amines) is 1. The summed E-state index contributed by atoms with van der Waals surface area (Å²) in [5, 5.41) is 11.6. The third kappa shape index (κ3) is 2.51. The van der Waals surface area contributed by atoms with Gasteiger partial charge in [-0.05, 0) is 34.5 Å². The Morgan fingerprint density at radius 3 is 2.85 bits per heavy atom. The first-order chi connectivity index (χ1) is 9.45. The zero-order valence-electron chi connectivity index (χ0n) is 10.6. The van der Waals surface area contributed by atoms with Crippen molar-refractivity contribution in [1.29, 1.82) is 5.26 Å². The molecule has 1 unspecified atom stereocenters. The number of carbonyl (C=O) groups excluding carboxylic acids is 2. The van der Waals surface area contributed by atoms with Crippen LogP contribution in [0, 0.1) is 17.1 Å². The van der Waals surface area contributed by atoms with Gasteiger partial charge in [0.05, 0.1) is 15.7 Å². The first-order valence-corrected chi connectivity index (χ1v) is 6.70. The van der Waals surface area contributed by atoms with Crippen LogP contribution >= 0.6 is 15.9 Å². The van der Waals surface area contributed by atoms with E-state index in [-0.39, 0.29) is 34.0 Å². The SMILES string of the molecule is CN1C(=O)CCC(Nc2ccc(C#N)c(Br)c2F)C1=O. The van der Waals surface area contributed by atoms with E-state index in [1.54, 1.807) is 0 Å². The topological polar surface area (TPSA) is 73.2 Å². The number of anilines is 1.